The fraction of sp³-hybridized carbons (Fsp3) is 0.214. The maximum atomic E-state index is 13.9. The molecule has 0 saturated carbocycles. The van der Waals surface area contributed by atoms with Gasteiger partial charge in [0.2, 0.25) is 0 Å². The van der Waals surface area contributed by atoms with Crippen LogP contribution >= 0.6 is 23.2 Å². The number of nitrogens with one attached hydrogen (secondary N) is 1. The normalized spacial score (nSPS) is 12.4. The summed E-state index contributed by atoms with van der Waals surface area (Å²) in [6.07, 6.45) is 1.39. The van der Waals surface area contributed by atoms with Crippen molar-refractivity contribution in [3.63, 3.8) is 0 Å². The van der Waals surface area contributed by atoms with Crippen molar-refractivity contribution < 1.29 is 8.78 Å². The molecule has 2 rings (SSSR count). The third-order valence-electron chi connectivity index (χ3n) is 2.81. The molecule has 1 atom stereocenters. The lowest BCUT2D eigenvalue weighted by Crippen LogP contribution is -2.25. The van der Waals surface area contributed by atoms with Crippen molar-refractivity contribution in [3.8, 4) is 0 Å². The Labute approximate surface area is 125 Å². The molecule has 1 aromatic carbocycles. The largest absolute Gasteiger partial charge is 0.305 e. The van der Waals surface area contributed by atoms with Crippen molar-refractivity contribution >= 4 is 23.2 Å². The fourth-order valence-electron chi connectivity index (χ4n) is 1.96. The molecular formula is C14H12Cl2F2N2. The van der Waals surface area contributed by atoms with Crippen LogP contribution in [0.25, 0.3) is 0 Å². The Morgan fingerprint density at radius 1 is 1.25 bits per heavy atom. The van der Waals surface area contributed by atoms with Gasteiger partial charge in [0.05, 0.1) is 21.8 Å². The van der Waals surface area contributed by atoms with E-state index in [1.54, 1.807) is 0 Å². The third kappa shape index (κ3) is 3.08. The van der Waals surface area contributed by atoms with Gasteiger partial charge in [0, 0.05) is 11.8 Å². The highest BCUT2D eigenvalue weighted by Crippen LogP contribution is 2.31. The molecule has 0 saturated heterocycles. The molecular weight excluding hydrogens is 305 g/mol. The molecule has 106 valence electrons. The van der Waals surface area contributed by atoms with Gasteiger partial charge in [0.15, 0.2) is 0 Å². The molecule has 0 amide bonds. The van der Waals surface area contributed by atoms with Gasteiger partial charge in [-0.2, -0.15) is 0 Å². The van der Waals surface area contributed by atoms with E-state index in [1.807, 2.05) is 6.92 Å². The van der Waals surface area contributed by atoms with Crippen LogP contribution in [0.3, 0.4) is 0 Å². The van der Waals surface area contributed by atoms with Crippen LogP contribution in [0.1, 0.15) is 24.2 Å². The van der Waals surface area contributed by atoms with E-state index in [9.17, 15) is 8.78 Å². The number of pyridine rings is 1. The first kappa shape index (κ1) is 15.2. The Balaban J connectivity index is 2.56. The Kier molecular flexibility index (Phi) is 4.91. The average Bonchev–Trinajstić information content (AvgIpc) is 2.38. The molecule has 2 aromatic rings. The first-order valence-electron chi connectivity index (χ1n) is 6.02. The SMILES string of the molecule is CCNC(c1ncc(Cl)cc1Cl)c1c(F)cccc1F. The molecule has 0 radical (unpaired) electrons. The predicted molar refractivity (Wildman–Crippen MR) is 76.1 cm³/mol. The summed E-state index contributed by atoms with van der Waals surface area (Å²) in [5.74, 6) is -1.30. The summed E-state index contributed by atoms with van der Waals surface area (Å²) in [5, 5.41) is 3.61. The van der Waals surface area contributed by atoms with Crippen molar-refractivity contribution in [1.29, 1.82) is 0 Å². The molecule has 0 fully saturated rings. The lowest BCUT2D eigenvalue weighted by molar-refractivity contribution is 0.505. The van der Waals surface area contributed by atoms with E-state index >= 15 is 0 Å². The average molecular weight is 317 g/mol. The van der Waals surface area contributed by atoms with E-state index < -0.39 is 17.7 Å². The number of rotatable bonds is 4. The van der Waals surface area contributed by atoms with Crippen LogP contribution in [-0.2, 0) is 0 Å². The topological polar surface area (TPSA) is 24.9 Å². The summed E-state index contributed by atoms with van der Waals surface area (Å²) in [4.78, 5) is 4.10. The summed E-state index contributed by atoms with van der Waals surface area (Å²) < 4.78 is 27.9. The molecule has 1 unspecified atom stereocenters. The maximum Gasteiger partial charge on any atom is 0.131 e. The van der Waals surface area contributed by atoms with Crippen LogP contribution < -0.4 is 5.32 Å². The van der Waals surface area contributed by atoms with Gasteiger partial charge in [-0.25, -0.2) is 8.78 Å². The minimum atomic E-state index is -0.772. The maximum absolute atomic E-state index is 13.9. The minimum absolute atomic E-state index is 0.105. The number of hydrogen-bond donors (Lipinski definition) is 1. The van der Waals surface area contributed by atoms with E-state index in [2.05, 4.69) is 10.3 Å². The van der Waals surface area contributed by atoms with Crippen molar-refractivity contribution in [2.45, 2.75) is 13.0 Å². The van der Waals surface area contributed by atoms with Gasteiger partial charge in [-0.05, 0) is 24.7 Å². The first-order valence-corrected chi connectivity index (χ1v) is 6.78. The monoisotopic (exact) mass is 316 g/mol. The van der Waals surface area contributed by atoms with Crippen LogP contribution in [0.2, 0.25) is 10.0 Å². The molecule has 2 nitrogen and oxygen atoms in total. The number of aromatic nitrogens is 1. The zero-order valence-corrected chi connectivity index (χ0v) is 12.1. The van der Waals surface area contributed by atoms with Crippen LogP contribution in [0.15, 0.2) is 30.5 Å². The highest BCUT2D eigenvalue weighted by molar-refractivity contribution is 6.34. The van der Waals surface area contributed by atoms with Gasteiger partial charge < -0.3 is 5.32 Å². The number of hydrogen-bond acceptors (Lipinski definition) is 2. The Morgan fingerprint density at radius 3 is 2.45 bits per heavy atom. The Morgan fingerprint density at radius 2 is 1.90 bits per heavy atom. The summed E-state index contributed by atoms with van der Waals surface area (Å²) in [7, 11) is 0. The molecule has 0 spiro atoms. The van der Waals surface area contributed by atoms with Crippen LogP contribution in [-0.4, -0.2) is 11.5 Å². The van der Waals surface area contributed by atoms with E-state index in [-0.39, 0.29) is 10.6 Å². The van der Waals surface area contributed by atoms with E-state index in [0.29, 0.717) is 17.3 Å². The summed E-state index contributed by atoms with van der Waals surface area (Å²) in [5.41, 5.74) is 0.230. The highest BCUT2D eigenvalue weighted by Gasteiger charge is 2.24. The quantitative estimate of drug-likeness (QED) is 0.906. The minimum Gasteiger partial charge on any atom is -0.305 e. The molecule has 1 heterocycles. The lowest BCUT2D eigenvalue weighted by atomic mass is 10.0. The van der Waals surface area contributed by atoms with Crippen molar-refractivity contribution in [2.24, 2.45) is 0 Å². The third-order valence-corrected chi connectivity index (χ3v) is 3.32. The Bertz CT molecular complexity index is 600. The molecule has 0 aliphatic rings. The summed E-state index contributed by atoms with van der Waals surface area (Å²) in [6.45, 7) is 2.33. The molecule has 1 aromatic heterocycles. The van der Waals surface area contributed by atoms with Crippen molar-refractivity contribution in [1.82, 2.24) is 10.3 Å². The van der Waals surface area contributed by atoms with Gasteiger partial charge in [-0.1, -0.05) is 36.2 Å². The zero-order valence-electron chi connectivity index (χ0n) is 10.6. The summed E-state index contributed by atoms with van der Waals surface area (Å²) in [6, 6.07) is 4.44. The van der Waals surface area contributed by atoms with Crippen molar-refractivity contribution in [2.75, 3.05) is 6.54 Å². The second-order valence-electron chi connectivity index (χ2n) is 4.15. The van der Waals surface area contributed by atoms with Crippen LogP contribution in [0.4, 0.5) is 8.78 Å². The second-order valence-corrected chi connectivity index (χ2v) is 4.99. The van der Waals surface area contributed by atoms with E-state index in [4.69, 9.17) is 23.2 Å². The molecule has 0 aliphatic heterocycles. The number of benzene rings is 1. The van der Waals surface area contributed by atoms with Gasteiger partial charge in [0.25, 0.3) is 0 Å². The van der Waals surface area contributed by atoms with Gasteiger partial charge in [-0.3, -0.25) is 4.98 Å². The highest BCUT2D eigenvalue weighted by atomic mass is 35.5. The van der Waals surface area contributed by atoms with E-state index in [0.717, 1.165) is 0 Å². The van der Waals surface area contributed by atoms with Crippen molar-refractivity contribution in [3.05, 3.63) is 63.4 Å². The molecule has 6 heteroatoms. The fourth-order valence-corrected chi connectivity index (χ4v) is 2.45. The van der Waals surface area contributed by atoms with E-state index in [1.165, 1.54) is 30.5 Å². The molecule has 1 N–H and O–H groups in total. The summed E-state index contributed by atoms with van der Waals surface area (Å²) >= 11 is 11.9. The molecule has 20 heavy (non-hydrogen) atoms. The molecule has 0 bridgehead atoms. The molecule has 0 aliphatic carbocycles. The predicted octanol–water partition coefficient (Wildman–Crippen LogP) is 4.37. The van der Waals surface area contributed by atoms with Gasteiger partial charge >= 0.3 is 0 Å². The van der Waals surface area contributed by atoms with Crippen LogP contribution in [0.5, 0.6) is 0 Å². The first-order chi connectivity index (χ1) is 9.54. The second kappa shape index (κ2) is 6.48. The standard InChI is InChI=1S/C14H12Cl2F2N2/c1-2-19-14(12-10(17)4-3-5-11(12)18)13-9(16)6-8(15)7-20-13/h3-7,14,19H,2H2,1H3. The number of halogens is 4. The van der Waals surface area contributed by atoms with Gasteiger partial charge in [-0.15, -0.1) is 0 Å². The van der Waals surface area contributed by atoms with Crippen LogP contribution in [0, 0.1) is 11.6 Å². The number of nitrogens with zero attached hydrogens (tertiary/aromatic N) is 1. The Hall–Kier alpha value is -1.23. The smallest absolute Gasteiger partial charge is 0.131 e. The zero-order chi connectivity index (χ0) is 14.7. The lowest BCUT2D eigenvalue weighted by Gasteiger charge is -2.20. The van der Waals surface area contributed by atoms with Gasteiger partial charge in [0.1, 0.15) is 11.6 Å².